The molecular formula is C43H41FN12O. The molecule has 13 nitrogen and oxygen atoms in total. The number of ether oxygens (including phenoxy) is 1. The molecule has 0 amide bonds. The van der Waals surface area contributed by atoms with Crippen LogP contribution in [0.15, 0.2) is 147 Å². The number of nitrogens with one attached hydrogen (secondary N) is 2. The summed E-state index contributed by atoms with van der Waals surface area (Å²) in [5.74, 6) is 1.57. The van der Waals surface area contributed by atoms with Crippen molar-refractivity contribution in [1.29, 1.82) is 0 Å². The van der Waals surface area contributed by atoms with Crippen LogP contribution < -0.4 is 15.4 Å². The molecule has 2 N–H and O–H groups in total. The minimum absolute atomic E-state index is 0.152. The molecule has 0 saturated heterocycles. The van der Waals surface area contributed by atoms with E-state index in [2.05, 4.69) is 64.6 Å². The summed E-state index contributed by atoms with van der Waals surface area (Å²) in [6.07, 6.45) is 19.5. The zero-order chi connectivity index (χ0) is 39.4. The maximum atomic E-state index is 14.0. The number of rotatable bonds is 13. The van der Waals surface area contributed by atoms with Crippen LogP contribution in [0.3, 0.4) is 0 Å². The van der Waals surface area contributed by atoms with Crippen molar-refractivity contribution in [2.75, 3.05) is 17.7 Å². The molecule has 0 saturated carbocycles. The van der Waals surface area contributed by atoms with Crippen LogP contribution in [0.25, 0.3) is 33.9 Å². The van der Waals surface area contributed by atoms with Crippen molar-refractivity contribution in [3.05, 3.63) is 164 Å². The Morgan fingerprint density at radius 1 is 0.596 bits per heavy atom. The Labute approximate surface area is 329 Å². The molecule has 0 aliphatic heterocycles. The third-order valence-corrected chi connectivity index (χ3v) is 8.83. The Kier molecular flexibility index (Phi) is 12.2. The standard InChI is InChI=1S/C22H22N6O.C21H19FN6/c1-16(13-17-7-10-23-11-8-17)26-22-24-12-9-19(27-22)18-14-25-28(15-18)20-5-3-4-6-21(20)29-2;1-15(12-16-6-9-23-10-7-16)26-21-24-11-8-19(27-21)17-13-25-28(14-17)20-5-3-2-4-18(20)22/h3-12,14-16H,13H2,1-2H3,(H,24,26,27);2-11,13-15H,12H2,1H3,(H,24,26,27). The summed E-state index contributed by atoms with van der Waals surface area (Å²) in [5.41, 5.74) is 6.90. The topological polar surface area (TPSA) is 146 Å². The summed E-state index contributed by atoms with van der Waals surface area (Å²) in [5, 5.41) is 15.4. The van der Waals surface area contributed by atoms with Gasteiger partial charge >= 0.3 is 0 Å². The Hall–Kier alpha value is -7.35. The summed E-state index contributed by atoms with van der Waals surface area (Å²) in [6.45, 7) is 4.18. The van der Waals surface area contributed by atoms with Gasteiger partial charge in [0.25, 0.3) is 0 Å². The van der Waals surface area contributed by atoms with E-state index in [0.717, 1.165) is 46.8 Å². The highest BCUT2D eigenvalue weighted by molar-refractivity contribution is 5.60. The first-order valence-corrected chi connectivity index (χ1v) is 18.4. The van der Waals surface area contributed by atoms with Gasteiger partial charge in [0.15, 0.2) is 0 Å². The van der Waals surface area contributed by atoms with Crippen LogP contribution >= 0.6 is 0 Å². The molecule has 2 unspecified atom stereocenters. The van der Waals surface area contributed by atoms with Crippen molar-refractivity contribution >= 4 is 11.9 Å². The Bertz CT molecular complexity index is 2490. The van der Waals surface area contributed by atoms with E-state index in [4.69, 9.17) is 4.74 Å². The molecule has 6 aromatic heterocycles. The quantitative estimate of drug-likeness (QED) is 0.119. The summed E-state index contributed by atoms with van der Waals surface area (Å²) in [7, 11) is 1.65. The van der Waals surface area contributed by atoms with Crippen molar-refractivity contribution in [2.45, 2.75) is 38.8 Å². The number of pyridine rings is 2. The third-order valence-electron chi connectivity index (χ3n) is 8.83. The van der Waals surface area contributed by atoms with Gasteiger partial charge in [0, 0.05) is 72.8 Å². The van der Waals surface area contributed by atoms with E-state index in [0.29, 0.717) is 17.6 Å². The molecular weight excluding hydrogens is 720 g/mol. The van der Waals surface area contributed by atoms with Gasteiger partial charge in [-0.05, 0) is 98.5 Å². The zero-order valence-corrected chi connectivity index (χ0v) is 31.7. The predicted molar refractivity (Wildman–Crippen MR) is 218 cm³/mol. The molecule has 286 valence electrons. The lowest BCUT2D eigenvalue weighted by atomic mass is 10.1. The largest absolute Gasteiger partial charge is 0.494 e. The highest BCUT2D eigenvalue weighted by Gasteiger charge is 2.13. The fourth-order valence-corrected chi connectivity index (χ4v) is 6.10. The van der Waals surface area contributed by atoms with E-state index >= 15 is 0 Å². The van der Waals surface area contributed by atoms with Gasteiger partial charge in [0.1, 0.15) is 22.9 Å². The second-order valence-corrected chi connectivity index (χ2v) is 13.2. The number of halogens is 1. The molecule has 0 aliphatic carbocycles. The highest BCUT2D eigenvalue weighted by Crippen LogP contribution is 2.25. The van der Waals surface area contributed by atoms with Crippen molar-refractivity contribution in [1.82, 2.24) is 49.5 Å². The third kappa shape index (κ3) is 10.0. The van der Waals surface area contributed by atoms with E-state index in [9.17, 15) is 4.39 Å². The lowest BCUT2D eigenvalue weighted by Gasteiger charge is -2.14. The molecule has 0 aliphatic rings. The second-order valence-electron chi connectivity index (χ2n) is 13.2. The summed E-state index contributed by atoms with van der Waals surface area (Å²) in [4.78, 5) is 26.0. The molecule has 6 heterocycles. The monoisotopic (exact) mass is 760 g/mol. The molecule has 2 atom stereocenters. The SMILES string of the molecule is CC(Cc1ccncc1)Nc1nccc(-c2cnn(-c3ccccc3F)c2)n1.COc1ccccc1-n1cc(-c2ccnc(NC(C)Cc3ccncc3)n2)cn1. The Morgan fingerprint density at radius 2 is 1.07 bits per heavy atom. The van der Waals surface area contributed by atoms with E-state index in [1.54, 1.807) is 91.8 Å². The fraction of sp³-hybridized carbons (Fsp3) is 0.163. The van der Waals surface area contributed by atoms with Crippen LogP contribution in [-0.2, 0) is 12.8 Å². The van der Waals surface area contributed by atoms with Gasteiger partial charge in [-0.15, -0.1) is 0 Å². The molecule has 8 rings (SSSR count). The first kappa shape index (κ1) is 37.9. The minimum Gasteiger partial charge on any atom is -0.494 e. The van der Waals surface area contributed by atoms with Crippen molar-refractivity contribution in [3.8, 4) is 39.6 Å². The molecule has 0 spiro atoms. The summed E-state index contributed by atoms with van der Waals surface area (Å²) < 4.78 is 22.7. The molecule has 0 radical (unpaired) electrons. The van der Waals surface area contributed by atoms with Gasteiger partial charge in [-0.1, -0.05) is 24.3 Å². The smallest absolute Gasteiger partial charge is 0.223 e. The lowest BCUT2D eigenvalue weighted by Crippen LogP contribution is -2.19. The fourth-order valence-electron chi connectivity index (χ4n) is 6.10. The van der Waals surface area contributed by atoms with Crippen LogP contribution in [0, 0.1) is 5.82 Å². The van der Waals surface area contributed by atoms with Gasteiger partial charge in [0.05, 0.1) is 30.9 Å². The normalized spacial score (nSPS) is 11.9. The number of hydrogen-bond donors (Lipinski definition) is 2. The predicted octanol–water partition coefficient (Wildman–Crippen LogP) is 7.68. The van der Waals surface area contributed by atoms with Crippen LogP contribution in [0.1, 0.15) is 25.0 Å². The summed E-state index contributed by atoms with van der Waals surface area (Å²) in [6, 6.07) is 26.3. The first-order chi connectivity index (χ1) is 27.9. The first-order valence-electron chi connectivity index (χ1n) is 18.4. The van der Waals surface area contributed by atoms with Crippen LogP contribution in [0.2, 0.25) is 0 Å². The van der Waals surface area contributed by atoms with E-state index in [1.807, 2.05) is 60.8 Å². The van der Waals surface area contributed by atoms with E-state index in [-0.39, 0.29) is 17.9 Å². The molecule has 2 aromatic carbocycles. The Morgan fingerprint density at radius 3 is 1.58 bits per heavy atom. The number of hydrogen-bond acceptors (Lipinski definition) is 11. The zero-order valence-electron chi connectivity index (χ0n) is 31.7. The number of methoxy groups -OCH3 is 1. The van der Waals surface area contributed by atoms with Gasteiger partial charge in [-0.25, -0.2) is 33.7 Å². The average Bonchev–Trinajstić information content (AvgIpc) is 3.94. The van der Waals surface area contributed by atoms with Gasteiger partial charge in [-0.2, -0.15) is 10.2 Å². The van der Waals surface area contributed by atoms with Gasteiger partial charge in [-0.3, -0.25) is 9.97 Å². The van der Waals surface area contributed by atoms with E-state index < -0.39 is 0 Å². The number of nitrogens with zero attached hydrogens (tertiary/aromatic N) is 10. The number of benzene rings is 2. The van der Waals surface area contributed by atoms with Crippen molar-refractivity contribution < 1.29 is 9.13 Å². The molecule has 57 heavy (non-hydrogen) atoms. The summed E-state index contributed by atoms with van der Waals surface area (Å²) >= 11 is 0. The lowest BCUT2D eigenvalue weighted by molar-refractivity contribution is 0.411. The molecule has 8 aromatic rings. The van der Waals surface area contributed by atoms with Gasteiger partial charge in [0.2, 0.25) is 11.9 Å². The van der Waals surface area contributed by atoms with E-state index in [1.165, 1.54) is 21.9 Å². The minimum atomic E-state index is -0.327. The number of para-hydroxylation sites is 3. The maximum absolute atomic E-state index is 14.0. The van der Waals surface area contributed by atoms with Crippen molar-refractivity contribution in [3.63, 3.8) is 0 Å². The second kappa shape index (κ2) is 18.3. The molecule has 0 bridgehead atoms. The van der Waals surface area contributed by atoms with Crippen molar-refractivity contribution in [2.24, 2.45) is 0 Å². The highest BCUT2D eigenvalue weighted by atomic mass is 19.1. The van der Waals surface area contributed by atoms with Gasteiger partial charge < -0.3 is 15.4 Å². The number of anilines is 2. The van der Waals surface area contributed by atoms with Crippen LogP contribution in [0.5, 0.6) is 5.75 Å². The molecule has 14 heteroatoms. The number of aromatic nitrogens is 10. The van der Waals surface area contributed by atoms with Crippen LogP contribution in [-0.4, -0.2) is 68.7 Å². The Balaban J connectivity index is 0.000000174. The average molecular weight is 761 g/mol. The maximum Gasteiger partial charge on any atom is 0.223 e. The molecule has 0 fully saturated rings. The van der Waals surface area contributed by atoms with Crippen LogP contribution in [0.4, 0.5) is 16.3 Å².